The molecule has 4 aromatic rings. The van der Waals surface area contributed by atoms with Crippen LogP contribution >= 0.6 is 34.9 Å². The number of benzene rings is 1. The van der Waals surface area contributed by atoms with Crippen LogP contribution in [0.2, 0.25) is 5.15 Å². The number of fused-ring (bicyclic) bond motifs is 1. The maximum atomic E-state index is 13.1. The van der Waals surface area contributed by atoms with Gasteiger partial charge in [-0.1, -0.05) is 35.1 Å². The lowest BCUT2D eigenvalue weighted by molar-refractivity contribution is -0.137. The van der Waals surface area contributed by atoms with Gasteiger partial charge in [0.05, 0.1) is 16.3 Å². The van der Waals surface area contributed by atoms with E-state index in [1.165, 1.54) is 11.9 Å². The molecule has 1 saturated carbocycles. The maximum absolute atomic E-state index is 13.1. The fourth-order valence-electron chi connectivity index (χ4n) is 3.65. The third kappa shape index (κ3) is 7.43. The lowest BCUT2D eigenvalue weighted by atomic mass is 10.0. The van der Waals surface area contributed by atoms with E-state index in [0.29, 0.717) is 35.6 Å². The number of carboxylic acid groups (broad SMARTS) is 1. The van der Waals surface area contributed by atoms with Gasteiger partial charge < -0.3 is 15.9 Å². The Bertz CT molecular complexity index is 1600. The molecule has 1 aliphatic carbocycles. The van der Waals surface area contributed by atoms with Crippen molar-refractivity contribution in [1.82, 2.24) is 24.3 Å². The molecule has 0 radical (unpaired) electrons. The van der Waals surface area contributed by atoms with E-state index < -0.39 is 40.6 Å². The van der Waals surface area contributed by atoms with Crippen molar-refractivity contribution in [3.05, 3.63) is 46.2 Å². The maximum Gasteiger partial charge on any atom is 0.335 e. The van der Waals surface area contributed by atoms with E-state index in [1.807, 2.05) is 31.2 Å². The van der Waals surface area contributed by atoms with E-state index in [4.69, 9.17) is 27.2 Å². The Morgan fingerprint density at radius 1 is 1.34 bits per heavy atom. The lowest BCUT2D eigenvalue weighted by Gasteiger charge is -2.14. The second-order valence-electron chi connectivity index (χ2n) is 8.86. The van der Waals surface area contributed by atoms with Crippen LogP contribution in [-0.4, -0.2) is 64.7 Å². The molecular formula is C24H24ClF3N6O4S3. The Labute approximate surface area is 247 Å². The van der Waals surface area contributed by atoms with Crippen LogP contribution in [0.5, 0.6) is 0 Å². The molecule has 17 heteroatoms. The molecule has 0 saturated heterocycles. The number of nitrogens with one attached hydrogen (secondary N) is 1. The third-order valence-corrected chi connectivity index (χ3v) is 9.40. The molecule has 41 heavy (non-hydrogen) atoms. The summed E-state index contributed by atoms with van der Waals surface area (Å²) in [7, 11) is -1.21. The number of hydrogen-bond donors (Lipinski definition) is 4. The number of aliphatic carboxylic acids is 1. The number of pyridine rings is 1. The normalized spacial score (nSPS) is 14.6. The largest absolute Gasteiger partial charge is 0.479 e. The van der Waals surface area contributed by atoms with Crippen LogP contribution in [0.4, 0.5) is 13.2 Å². The van der Waals surface area contributed by atoms with Gasteiger partial charge in [0.25, 0.3) is 6.43 Å². The molecule has 1 aliphatic rings. The van der Waals surface area contributed by atoms with Gasteiger partial charge in [0.2, 0.25) is 0 Å². The first-order chi connectivity index (χ1) is 19.5. The minimum Gasteiger partial charge on any atom is -0.479 e. The highest BCUT2D eigenvalue weighted by atomic mass is 35.5. The molecule has 3 aromatic heterocycles. The first-order valence-corrected chi connectivity index (χ1v) is 15.3. The van der Waals surface area contributed by atoms with Crippen LogP contribution in [-0.2, 0) is 15.6 Å². The van der Waals surface area contributed by atoms with E-state index >= 15 is 0 Å². The summed E-state index contributed by atoms with van der Waals surface area (Å²) in [5.74, 6) is -0.763. The second-order valence-corrected chi connectivity index (χ2v) is 12.6. The molecule has 0 bridgehead atoms. The average Bonchev–Trinajstić information content (AvgIpc) is 3.32. The van der Waals surface area contributed by atoms with E-state index in [1.54, 1.807) is 10.6 Å². The number of imidazole rings is 1. The van der Waals surface area contributed by atoms with Gasteiger partial charge in [0.15, 0.2) is 27.7 Å². The Morgan fingerprint density at radius 2 is 2.05 bits per heavy atom. The number of nitrogens with zero attached hydrogens (tertiary/aromatic N) is 4. The van der Waals surface area contributed by atoms with Gasteiger partial charge >= 0.3 is 5.97 Å². The number of carbonyl (C=O) groups is 1. The van der Waals surface area contributed by atoms with E-state index in [2.05, 4.69) is 19.9 Å². The minimum absolute atomic E-state index is 0.174. The molecule has 1 fully saturated rings. The monoisotopic (exact) mass is 648 g/mol. The van der Waals surface area contributed by atoms with Gasteiger partial charge in [-0.15, -0.1) is 10.2 Å². The van der Waals surface area contributed by atoms with Crippen LogP contribution in [0.25, 0.3) is 27.5 Å². The molecule has 1 atom stereocenters. The SMILES string of the molecule is Cc1cc(-c2cc(SNC3(O)CC3)cn3c(-c4nnc(C(F)F)s4)nc(Cl)c23)ccc1S(=O)CCN.O=C(O)CF. The summed E-state index contributed by atoms with van der Waals surface area (Å²) < 4.78 is 54.1. The molecule has 5 N–H and O–H groups in total. The Kier molecular flexibility index (Phi) is 10.0. The van der Waals surface area contributed by atoms with Crippen LogP contribution in [0.1, 0.15) is 29.8 Å². The third-order valence-electron chi connectivity index (χ3n) is 5.72. The molecule has 1 unspecified atom stereocenters. The molecule has 10 nitrogen and oxygen atoms in total. The first-order valence-electron chi connectivity index (χ1n) is 11.9. The van der Waals surface area contributed by atoms with Gasteiger partial charge in [0, 0.05) is 33.8 Å². The number of aryl methyl sites for hydroxylation is 1. The zero-order valence-corrected chi connectivity index (χ0v) is 24.5. The van der Waals surface area contributed by atoms with Gasteiger partial charge in [-0.2, -0.15) is 0 Å². The molecule has 5 rings (SSSR count). The predicted octanol–water partition coefficient (Wildman–Crippen LogP) is 4.61. The lowest BCUT2D eigenvalue weighted by Crippen LogP contribution is -2.23. The molecular weight excluding hydrogens is 625 g/mol. The van der Waals surface area contributed by atoms with Crippen molar-refractivity contribution in [3.8, 4) is 22.0 Å². The van der Waals surface area contributed by atoms with Crippen molar-refractivity contribution in [3.63, 3.8) is 0 Å². The van der Waals surface area contributed by atoms with Crippen molar-refractivity contribution in [2.45, 2.75) is 41.7 Å². The van der Waals surface area contributed by atoms with E-state index in [-0.39, 0.29) is 16.0 Å². The highest BCUT2D eigenvalue weighted by Gasteiger charge is 2.40. The van der Waals surface area contributed by atoms with Crippen molar-refractivity contribution in [1.29, 1.82) is 0 Å². The quantitative estimate of drug-likeness (QED) is 0.142. The number of aromatic nitrogens is 4. The van der Waals surface area contributed by atoms with Crippen LogP contribution in [0, 0.1) is 6.92 Å². The van der Waals surface area contributed by atoms with Crippen LogP contribution in [0.3, 0.4) is 0 Å². The number of aliphatic hydroxyl groups is 1. The zero-order valence-electron chi connectivity index (χ0n) is 21.3. The topological polar surface area (TPSA) is 156 Å². The summed E-state index contributed by atoms with van der Waals surface area (Å²) in [5, 5.41) is 25.0. The summed E-state index contributed by atoms with van der Waals surface area (Å²) >= 11 is 8.58. The summed E-state index contributed by atoms with van der Waals surface area (Å²) in [6.07, 6.45) is 0.324. The molecule has 0 spiro atoms. The minimum atomic E-state index is -2.74. The zero-order chi connectivity index (χ0) is 29.9. The number of carboxylic acids is 1. The highest BCUT2D eigenvalue weighted by Crippen LogP contribution is 2.40. The molecule has 1 aromatic carbocycles. The Balaban J connectivity index is 0.000000714. The van der Waals surface area contributed by atoms with E-state index in [9.17, 15) is 22.5 Å². The number of hydrogen-bond acceptors (Lipinski definition) is 10. The highest BCUT2D eigenvalue weighted by molar-refractivity contribution is 7.97. The van der Waals surface area contributed by atoms with Crippen LogP contribution < -0.4 is 10.5 Å². The Morgan fingerprint density at radius 3 is 2.61 bits per heavy atom. The van der Waals surface area contributed by atoms with Gasteiger partial charge in [0.1, 0.15) is 5.72 Å². The van der Waals surface area contributed by atoms with Crippen molar-refractivity contribution >= 4 is 57.2 Å². The first kappa shape index (κ1) is 31.3. The molecule has 0 aliphatic heterocycles. The summed E-state index contributed by atoms with van der Waals surface area (Å²) in [4.78, 5) is 14.9. The van der Waals surface area contributed by atoms with Crippen molar-refractivity contribution in [2.24, 2.45) is 5.73 Å². The average molecular weight is 649 g/mol. The molecule has 3 heterocycles. The van der Waals surface area contributed by atoms with E-state index in [0.717, 1.165) is 32.9 Å². The smallest absolute Gasteiger partial charge is 0.335 e. The summed E-state index contributed by atoms with van der Waals surface area (Å²) in [5.41, 5.74) is 7.59. The van der Waals surface area contributed by atoms with Gasteiger partial charge in [-0.05, 0) is 55.0 Å². The second kappa shape index (κ2) is 13.1. The molecule has 0 amide bonds. The molecule has 220 valence electrons. The van der Waals surface area contributed by atoms with Crippen molar-refractivity contribution < 1.29 is 32.4 Å². The number of alkyl halides is 3. The predicted molar refractivity (Wildman–Crippen MR) is 151 cm³/mol. The van der Waals surface area contributed by atoms with Gasteiger partial charge in [-0.25, -0.2) is 27.7 Å². The van der Waals surface area contributed by atoms with Gasteiger partial charge in [-0.3, -0.25) is 8.61 Å². The van der Waals surface area contributed by atoms with Crippen molar-refractivity contribution in [2.75, 3.05) is 19.0 Å². The number of halogens is 4. The summed E-state index contributed by atoms with van der Waals surface area (Å²) in [6, 6.07) is 7.48. The summed E-state index contributed by atoms with van der Waals surface area (Å²) in [6.45, 7) is 0.921. The standard InChI is InChI=1S/C22H21ClF2N6O2S3.C2H3FO2/c1-11-8-12(2-3-15(11)36(33)7-6-26)14-9-13(35-30-22(32)4-5-22)10-31-16(14)17(23)27-19(31)21-29-28-20(34-21)18(24)25;3-1-2(4)5/h2-3,8-10,18,30,32H,4-7,26H2,1H3;1H2,(H,4,5). The number of rotatable bonds is 10. The Hall–Kier alpha value is -2.60. The fourth-order valence-corrected chi connectivity index (χ4v) is 6.53. The van der Waals surface area contributed by atoms with Crippen LogP contribution in [0.15, 0.2) is 40.3 Å². The fraction of sp³-hybridized carbons (Fsp3) is 0.333. The number of nitrogens with two attached hydrogens (primary N) is 1.